The molecule has 12 nitrogen and oxygen atoms in total. The smallest absolute Gasteiger partial charge is 0.497 e. The Balaban J connectivity index is 1.51. The third kappa shape index (κ3) is 7.67. The van der Waals surface area contributed by atoms with Crippen LogP contribution in [0.15, 0.2) is 59.5 Å². The maximum Gasteiger partial charge on any atom is 0.573 e. The summed E-state index contributed by atoms with van der Waals surface area (Å²) >= 11 is 0. The van der Waals surface area contributed by atoms with Crippen molar-refractivity contribution in [1.82, 2.24) is 14.8 Å². The summed E-state index contributed by atoms with van der Waals surface area (Å²) in [5, 5.41) is 2.42. The molecule has 0 spiro atoms. The van der Waals surface area contributed by atoms with Crippen LogP contribution in [-0.2, 0) is 19.1 Å². The monoisotopic (exact) mass is 694 g/mol. The molecule has 3 aromatic rings. The SMILES string of the molecule is COCC(C(=O)N1CCOCC1)n1cccc(N2C[C@@H](c3c(F)cc(OC)cc3F)C(NC(=O)c3ccc(OC(F)(F)F)cc3)C2=O)c1=O. The zero-order valence-corrected chi connectivity index (χ0v) is 26.2. The minimum Gasteiger partial charge on any atom is -0.497 e. The third-order valence-electron chi connectivity index (χ3n) is 8.12. The van der Waals surface area contributed by atoms with E-state index in [2.05, 4.69) is 10.1 Å². The summed E-state index contributed by atoms with van der Waals surface area (Å²) in [5.41, 5.74) is -1.80. The average molecular weight is 695 g/mol. The molecule has 2 aromatic carbocycles. The quantitative estimate of drug-likeness (QED) is 0.321. The van der Waals surface area contributed by atoms with Crippen molar-refractivity contribution in [3.05, 3.63) is 87.8 Å². The van der Waals surface area contributed by atoms with E-state index >= 15 is 8.78 Å². The van der Waals surface area contributed by atoms with E-state index in [-0.39, 0.29) is 36.7 Å². The molecule has 2 aliphatic heterocycles. The van der Waals surface area contributed by atoms with Crippen molar-refractivity contribution in [2.75, 3.05) is 58.6 Å². The van der Waals surface area contributed by atoms with Gasteiger partial charge in [0, 0.05) is 62.1 Å². The summed E-state index contributed by atoms with van der Waals surface area (Å²) in [6.07, 6.45) is -3.63. The first kappa shape index (κ1) is 35.3. The summed E-state index contributed by atoms with van der Waals surface area (Å²) in [5.74, 6) is -6.63. The third-order valence-corrected chi connectivity index (χ3v) is 8.12. The highest BCUT2D eigenvalue weighted by molar-refractivity contribution is 6.05. The Kier molecular flexibility index (Phi) is 10.5. The number of amides is 3. The first-order valence-electron chi connectivity index (χ1n) is 14.9. The maximum absolute atomic E-state index is 15.4. The zero-order valence-electron chi connectivity index (χ0n) is 26.2. The molecule has 3 amide bonds. The van der Waals surface area contributed by atoms with Crippen LogP contribution < -0.4 is 25.2 Å². The lowest BCUT2D eigenvalue weighted by Gasteiger charge is -2.31. The largest absolute Gasteiger partial charge is 0.573 e. The number of rotatable bonds is 10. The van der Waals surface area contributed by atoms with E-state index < -0.39 is 77.1 Å². The molecule has 1 N–H and O–H groups in total. The fraction of sp³-hybridized carbons (Fsp3) is 0.375. The standard InChI is InChI=1S/C32H31F5N4O8/c1-46-17-25(29(43)39-10-12-48-13-11-39)40-9-3-4-24(30(40)44)41-16-21(26-22(33)14-20(47-2)15-23(26)34)27(31(41)45)38-28(42)18-5-7-19(8-6-18)49-32(35,36)37/h3-9,14-15,21,25,27H,10-13,16-17H2,1-2H3,(H,38,42)/t21-,25?,27?/m0/s1. The number of anilines is 1. The van der Waals surface area contributed by atoms with Crippen LogP contribution in [-0.4, -0.2) is 93.3 Å². The van der Waals surface area contributed by atoms with Crippen molar-refractivity contribution in [2.24, 2.45) is 0 Å². The highest BCUT2D eigenvalue weighted by Gasteiger charge is 2.46. The van der Waals surface area contributed by atoms with Crippen LogP contribution in [0.3, 0.4) is 0 Å². The van der Waals surface area contributed by atoms with E-state index in [0.717, 1.165) is 45.9 Å². The molecule has 0 radical (unpaired) electrons. The molecular formula is C32H31F5N4O8. The molecule has 2 unspecified atom stereocenters. The Hall–Kier alpha value is -5.03. The first-order valence-corrected chi connectivity index (χ1v) is 14.9. The number of hydrogen-bond acceptors (Lipinski definition) is 8. The van der Waals surface area contributed by atoms with Gasteiger partial charge in [0.15, 0.2) is 0 Å². The highest BCUT2D eigenvalue weighted by Crippen LogP contribution is 2.36. The van der Waals surface area contributed by atoms with Gasteiger partial charge in [-0.1, -0.05) is 0 Å². The Morgan fingerprint density at radius 1 is 1.00 bits per heavy atom. The number of nitrogens with zero attached hydrogens (tertiary/aromatic N) is 3. The maximum atomic E-state index is 15.4. The van der Waals surface area contributed by atoms with Crippen molar-refractivity contribution in [1.29, 1.82) is 0 Å². The fourth-order valence-corrected chi connectivity index (χ4v) is 5.81. The molecule has 17 heteroatoms. The van der Waals surface area contributed by atoms with Crippen LogP contribution >= 0.6 is 0 Å². The van der Waals surface area contributed by atoms with Crippen LogP contribution in [0.25, 0.3) is 0 Å². The van der Waals surface area contributed by atoms with Gasteiger partial charge in [0.25, 0.3) is 11.5 Å². The van der Waals surface area contributed by atoms with Gasteiger partial charge >= 0.3 is 6.36 Å². The second-order valence-corrected chi connectivity index (χ2v) is 11.1. The molecule has 0 saturated carbocycles. The fourth-order valence-electron chi connectivity index (χ4n) is 5.81. The van der Waals surface area contributed by atoms with Crippen molar-refractivity contribution in [3.63, 3.8) is 0 Å². The van der Waals surface area contributed by atoms with Crippen molar-refractivity contribution in [3.8, 4) is 11.5 Å². The minimum absolute atomic E-state index is 0.151. The van der Waals surface area contributed by atoms with Gasteiger partial charge in [-0.2, -0.15) is 0 Å². The first-order chi connectivity index (χ1) is 23.3. The van der Waals surface area contributed by atoms with Crippen LogP contribution in [0.1, 0.15) is 27.9 Å². The van der Waals surface area contributed by atoms with Crippen molar-refractivity contribution in [2.45, 2.75) is 24.4 Å². The topological polar surface area (TPSA) is 129 Å². The summed E-state index contributed by atoms with van der Waals surface area (Å²) < 4.78 is 89.0. The Labute approximate surface area is 275 Å². The van der Waals surface area contributed by atoms with Crippen molar-refractivity contribution < 1.29 is 55.3 Å². The van der Waals surface area contributed by atoms with E-state index in [4.69, 9.17) is 14.2 Å². The van der Waals surface area contributed by atoms with Crippen LogP contribution in [0.4, 0.5) is 27.6 Å². The lowest BCUT2D eigenvalue weighted by Crippen LogP contribution is -2.48. The van der Waals surface area contributed by atoms with Crippen LogP contribution in [0.2, 0.25) is 0 Å². The Morgan fingerprint density at radius 2 is 1.65 bits per heavy atom. The second-order valence-electron chi connectivity index (χ2n) is 11.1. The highest BCUT2D eigenvalue weighted by atomic mass is 19.4. The number of pyridine rings is 1. The summed E-state index contributed by atoms with van der Waals surface area (Å²) in [6.45, 7) is 0.524. The number of ether oxygens (including phenoxy) is 4. The molecule has 3 heterocycles. The number of methoxy groups -OCH3 is 2. The summed E-state index contributed by atoms with van der Waals surface area (Å²) in [4.78, 5) is 57.1. The molecule has 262 valence electrons. The lowest BCUT2D eigenvalue weighted by molar-refractivity contribution is -0.274. The second kappa shape index (κ2) is 14.6. The predicted octanol–water partition coefficient (Wildman–Crippen LogP) is 3.01. The van der Waals surface area contributed by atoms with E-state index in [0.29, 0.717) is 13.2 Å². The van der Waals surface area contributed by atoms with Crippen LogP contribution in [0.5, 0.6) is 11.5 Å². The number of aromatic nitrogens is 1. The van der Waals surface area contributed by atoms with Crippen molar-refractivity contribution >= 4 is 23.4 Å². The van der Waals surface area contributed by atoms with Gasteiger partial charge in [-0.05, 0) is 36.4 Å². The van der Waals surface area contributed by atoms with E-state index in [9.17, 15) is 32.3 Å². The number of alkyl halides is 3. The molecule has 49 heavy (non-hydrogen) atoms. The lowest BCUT2D eigenvalue weighted by atomic mass is 9.92. The van der Waals surface area contributed by atoms with Gasteiger partial charge in [-0.15, -0.1) is 13.2 Å². The number of nitrogens with one attached hydrogen (secondary N) is 1. The molecule has 5 rings (SSSR count). The molecular weight excluding hydrogens is 663 g/mol. The molecule has 1 aromatic heterocycles. The molecule has 3 atom stereocenters. The molecule has 0 aliphatic carbocycles. The molecule has 2 fully saturated rings. The molecule has 2 aliphatic rings. The number of halogens is 5. The van der Waals surface area contributed by atoms with Gasteiger partial charge < -0.3 is 34.1 Å². The zero-order chi connectivity index (χ0) is 35.5. The van der Waals surface area contributed by atoms with Gasteiger partial charge in [0.05, 0.1) is 26.9 Å². The number of hydrogen-bond donors (Lipinski definition) is 1. The van der Waals surface area contributed by atoms with Gasteiger partial charge in [-0.25, -0.2) is 8.78 Å². The predicted molar refractivity (Wildman–Crippen MR) is 161 cm³/mol. The number of carbonyl (C=O) groups excluding carboxylic acids is 3. The average Bonchev–Trinajstić information content (AvgIpc) is 3.37. The van der Waals surface area contributed by atoms with Gasteiger partial charge in [0.2, 0.25) is 11.8 Å². The number of morpholine rings is 1. The van der Waals surface area contributed by atoms with E-state index in [1.807, 2.05) is 0 Å². The van der Waals surface area contributed by atoms with Gasteiger partial charge in [-0.3, -0.25) is 23.7 Å². The number of carbonyl (C=O) groups is 3. The van der Waals surface area contributed by atoms with Gasteiger partial charge in [0.1, 0.15) is 40.9 Å². The number of benzene rings is 2. The normalized spacial score (nSPS) is 18.7. The minimum atomic E-state index is -4.97. The van der Waals surface area contributed by atoms with E-state index in [1.54, 1.807) is 0 Å². The summed E-state index contributed by atoms with van der Waals surface area (Å²) in [7, 11) is 2.55. The Bertz CT molecular complexity index is 1740. The molecule has 0 bridgehead atoms. The van der Waals surface area contributed by atoms with Crippen LogP contribution in [0, 0.1) is 11.6 Å². The summed E-state index contributed by atoms with van der Waals surface area (Å²) in [6, 6.07) is 5.51. The Morgan fingerprint density at radius 3 is 2.24 bits per heavy atom. The van der Waals surface area contributed by atoms with E-state index in [1.165, 1.54) is 37.4 Å². The molecule has 2 saturated heterocycles.